The standard InChI is InChI=1S/C16H16Cl2N2O3S/c1-20(2)24(22,23)15-9-12(6-7-14(15)18)16(21)19-10-11-4-3-5-13(17)8-11/h3-9H,10H2,1-2H3,(H,19,21). The van der Waals surface area contributed by atoms with Gasteiger partial charge in [-0.3, -0.25) is 4.79 Å². The van der Waals surface area contributed by atoms with Gasteiger partial charge >= 0.3 is 0 Å². The highest BCUT2D eigenvalue weighted by Crippen LogP contribution is 2.24. The van der Waals surface area contributed by atoms with E-state index in [4.69, 9.17) is 23.2 Å². The van der Waals surface area contributed by atoms with Gasteiger partial charge in [0.1, 0.15) is 4.90 Å². The second kappa shape index (κ2) is 7.53. The quantitative estimate of drug-likeness (QED) is 0.857. The number of nitrogens with one attached hydrogen (secondary N) is 1. The fourth-order valence-corrected chi connectivity index (χ4v) is 3.58. The first-order valence-electron chi connectivity index (χ1n) is 6.96. The Balaban J connectivity index is 2.21. The van der Waals surface area contributed by atoms with Crippen molar-refractivity contribution in [2.24, 2.45) is 0 Å². The second-order valence-electron chi connectivity index (χ2n) is 5.25. The van der Waals surface area contributed by atoms with E-state index in [2.05, 4.69) is 5.32 Å². The lowest BCUT2D eigenvalue weighted by Gasteiger charge is -2.14. The summed E-state index contributed by atoms with van der Waals surface area (Å²) in [6.45, 7) is 0.276. The van der Waals surface area contributed by atoms with Crippen molar-refractivity contribution in [1.29, 1.82) is 0 Å². The molecule has 2 aromatic carbocycles. The van der Waals surface area contributed by atoms with Crippen LogP contribution in [0.1, 0.15) is 15.9 Å². The van der Waals surface area contributed by atoms with Gasteiger partial charge in [-0.15, -0.1) is 0 Å². The fraction of sp³-hybridized carbons (Fsp3) is 0.188. The molecule has 0 atom stereocenters. The third-order valence-corrected chi connectivity index (χ3v) is 5.83. The number of nitrogens with zero attached hydrogens (tertiary/aromatic N) is 1. The number of amides is 1. The monoisotopic (exact) mass is 386 g/mol. The van der Waals surface area contributed by atoms with Crippen LogP contribution in [0.3, 0.4) is 0 Å². The predicted molar refractivity (Wildman–Crippen MR) is 94.9 cm³/mol. The van der Waals surface area contributed by atoms with Gasteiger partial charge in [0.25, 0.3) is 5.91 Å². The van der Waals surface area contributed by atoms with E-state index >= 15 is 0 Å². The van der Waals surface area contributed by atoms with Crippen LogP contribution in [-0.4, -0.2) is 32.7 Å². The van der Waals surface area contributed by atoms with Crippen LogP contribution in [0.2, 0.25) is 10.0 Å². The molecule has 1 amide bonds. The fourth-order valence-electron chi connectivity index (χ4n) is 1.97. The Morgan fingerprint density at radius 1 is 1.12 bits per heavy atom. The molecule has 8 heteroatoms. The third-order valence-electron chi connectivity index (χ3n) is 3.29. The van der Waals surface area contributed by atoms with Gasteiger partial charge in [0.15, 0.2) is 0 Å². The van der Waals surface area contributed by atoms with Crippen LogP contribution in [0, 0.1) is 0 Å². The van der Waals surface area contributed by atoms with E-state index < -0.39 is 15.9 Å². The van der Waals surface area contributed by atoms with E-state index in [9.17, 15) is 13.2 Å². The average molecular weight is 387 g/mol. The molecular formula is C16H16Cl2N2O3S. The molecule has 0 saturated carbocycles. The third kappa shape index (κ3) is 4.27. The summed E-state index contributed by atoms with van der Waals surface area (Å²) in [5.41, 5.74) is 1.05. The predicted octanol–water partition coefficient (Wildman–Crippen LogP) is 3.17. The van der Waals surface area contributed by atoms with E-state index in [1.807, 2.05) is 6.07 Å². The minimum absolute atomic E-state index is 0.0649. The minimum atomic E-state index is -3.73. The van der Waals surface area contributed by atoms with Gasteiger partial charge in [-0.25, -0.2) is 12.7 Å². The van der Waals surface area contributed by atoms with Gasteiger partial charge in [0.2, 0.25) is 10.0 Å². The Labute approximate surface area is 151 Å². The van der Waals surface area contributed by atoms with Gasteiger partial charge in [-0.1, -0.05) is 35.3 Å². The van der Waals surface area contributed by atoms with Gasteiger partial charge < -0.3 is 5.32 Å². The molecule has 0 saturated heterocycles. The van der Waals surface area contributed by atoms with Crippen LogP contribution in [0.15, 0.2) is 47.4 Å². The van der Waals surface area contributed by atoms with Crippen molar-refractivity contribution >= 4 is 39.1 Å². The maximum Gasteiger partial charge on any atom is 0.251 e. The molecule has 0 heterocycles. The molecule has 24 heavy (non-hydrogen) atoms. The number of sulfonamides is 1. The van der Waals surface area contributed by atoms with Crippen molar-refractivity contribution in [2.75, 3.05) is 14.1 Å². The Morgan fingerprint density at radius 2 is 1.83 bits per heavy atom. The molecule has 2 rings (SSSR count). The van der Waals surface area contributed by atoms with E-state index in [0.29, 0.717) is 5.02 Å². The van der Waals surface area contributed by atoms with Crippen molar-refractivity contribution in [3.8, 4) is 0 Å². The van der Waals surface area contributed by atoms with Crippen LogP contribution in [0.5, 0.6) is 0 Å². The average Bonchev–Trinajstić information content (AvgIpc) is 2.52. The molecule has 0 unspecified atom stereocenters. The van der Waals surface area contributed by atoms with Crippen LogP contribution in [0.25, 0.3) is 0 Å². The maximum atomic E-state index is 12.3. The largest absolute Gasteiger partial charge is 0.348 e. The summed E-state index contributed by atoms with van der Waals surface area (Å²) in [5.74, 6) is -0.401. The first kappa shape index (κ1) is 18.7. The zero-order chi connectivity index (χ0) is 17.9. The Morgan fingerprint density at radius 3 is 2.46 bits per heavy atom. The molecule has 0 aliphatic heterocycles. The lowest BCUT2D eigenvalue weighted by Crippen LogP contribution is -2.25. The first-order valence-corrected chi connectivity index (χ1v) is 9.16. The lowest BCUT2D eigenvalue weighted by atomic mass is 10.2. The summed E-state index contributed by atoms with van der Waals surface area (Å²) in [6, 6.07) is 11.2. The van der Waals surface area contributed by atoms with Crippen molar-refractivity contribution in [3.63, 3.8) is 0 Å². The van der Waals surface area contributed by atoms with Crippen molar-refractivity contribution < 1.29 is 13.2 Å². The molecule has 0 radical (unpaired) electrons. The second-order valence-corrected chi connectivity index (χ2v) is 8.21. The Hall–Kier alpha value is -1.60. The Kier molecular flexibility index (Phi) is 5.87. The molecule has 0 aliphatic rings. The minimum Gasteiger partial charge on any atom is -0.348 e. The zero-order valence-corrected chi connectivity index (χ0v) is 15.4. The normalized spacial score (nSPS) is 11.5. The molecule has 2 aromatic rings. The van der Waals surface area contributed by atoms with Gasteiger partial charge in [0, 0.05) is 31.2 Å². The summed E-state index contributed by atoms with van der Waals surface area (Å²) in [7, 11) is -0.932. The van der Waals surface area contributed by atoms with E-state index in [1.54, 1.807) is 18.2 Å². The van der Waals surface area contributed by atoms with E-state index in [0.717, 1.165) is 9.87 Å². The van der Waals surface area contributed by atoms with Gasteiger partial charge in [0.05, 0.1) is 5.02 Å². The van der Waals surface area contributed by atoms with Crippen molar-refractivity contribution in [2.45, 2.75) is 11.4 Å². The smallest absolute Gasteiger partial charge is 0.251 e. The van der Waals surface area contributed by atoms with Crippen LogP contribution in [-0.2, 0) is 16.6 Å². The number of benzene rings is 2. The summed E-state index contributed by atoms with van der Waals surface area (Å²) in [4.78, 5) is 12.2. The van der Waals surface area contributed by atoms with Crippen LogP contribution >= 0.6 is 23.2 Å². The van der Waals surface area contributed by atoms with Gasteiger partial charge in [-0.2, -0.15) is 0 Å². The van der Waals surface area contributed by atoms with E-state index in [-0.39, 0.29) is 22.0 Å². The number of carbonyl (C=O) groups excluding carboxylic acids is 1. The highest BCUT2D eigenvalue weighted by molar-refractivity contribution is 7.89. The van der Waals surface area contributed by atoms with Crippen LogP contribution < -0.4 is 5.32 Å². The molecule has 0 aliphatic carbocycles. The molecule has 128 valence electrons. The van der Waals surface area contributed by atoms with Gasteiger partial charge in [-0.05, 0) is 35.9 Å². The number of hydrogen-bond donors (Lipinski definition) is 1. The summed E-state index contributed by atoms with van der Waals surface area (Å²) in [6.07, 6.45) is 0. The summed E-state index contributed by atoms with van der Waals surface area (Å²) in [5, 5.41) is 3.36. The molecular weight excluding hydrogens is 371 g/mol. The van der Waals surface area contributed by atoms with Crippen molar-refractivity contribution in [1.82, 2.24) is 9.62 Å². The topological polar surface area (TPSA) is 66.5 Å². The lowest BCUT2D eigenvalue weighted by molar-refractivity contribution is 0.0950. The van der Waals surface area contributed by atoms with E-state index in [1.165, 1.54) is 32.3 Å². The molecule has 0 fully saturated rings. The zero-order valence-electron chi connectivity index (χ0n) is 13.1. The molecule has 1 N–H and O–H groups in total. The summed E-state index contributed by atoms with van der Waals surface area (Å²) < 4.78 is 25.5. The Bertz CT molecular complexity index is 867. The molecule has 0 aromatic heterocycles. The highest BCUT2D eigenvalue weighted by Gasteiger charge is 2.22. The summed E-state index contributed by atoms with van der Waals surface area (Å²) >= 11 is 11.9. The first-order chi connectivity index (χ1) is 11.2. The molecule has 5 nitrogen and oxygen atoms in total. The maximum absolute atomic E-state index is 12.3. The number of rotatable bonds is 5. The number of hydrogen-bond acceptors (Lipinski definition) is 3. The molecule has 0 spiro atoms. The number of halogens is 2. The van der Waals surface area contributed by atoms with Crippen molar-refractivity contribution in [3.05, 3.63) is 63.6 Å². The number of carbonyl (C=O) groups is 1. The molecule has 0 bridgehead atoms. The SMILES string of the molecule is CN(C)S(=O)(=O)c1cc(C(=O)NCc2cccc(Cl)c2)ccc1Cl. The highest BCUT2D eigenvalue weighted by atomic mass is 35.5. The van der Waals surface area contributed by atoms with Crippen LogP contribution in [0.4, 0.5) is 0 Å².